The van der Waals surface area contributed by atoms with E-state index in [0.29, 0.717) is 11.5 Å². The van der Waals surface area contributed by atoms with Gasteiger partial charge in [0.25, 0.3) is 5.91 Å². The Hall–Kier alpha value is -3.46. The Morgan fingerprint density at radius 1 is 0.903 bits per heavy atom. The molecule has 31 heavy (non-hydrogen) atoms. The molecule has 0 fully saturated rings. The second-order valence-electron chi connectivity index (χ2n) is 8.37. The summed E-state index contributed by atoms with van der Waals surface area (Å²) in [7, 11) is 0. The van der Waals surface area contributed by atoms with Crippen LogP contribution in [0.5, 0.6) is 0 Å². The summed E-state index contributed by atoms with van der Waals surface area (Å²) in [4.78, 5) is 18.0. The van der Waals surface area contributed by atoms with Crippen LogP contribution < -0.4 is 5.32 Å². The van der Waals surface area contributed by atoms with Crippen LogP contribution in [-0.4, -0.2) is 10.9 Å². The number of para-hydroxylation sites is 1. The number of benzene rings is 3. The summed E-state index contributed by atoms with van der Waals surface area (Å²) in [6.45, 7) is 6.56. The van der Waals surface area contributed by atoms with Gasteiger partial charge in [-0.05, 0) is 54.2 Å². The summed E-state index contributed by atoms with van der Waals surface area (Å²) in [6.07, 6.45) is 2.03. The van der Waals surface area contributed by atoms with Gasteiger partial charge in [0.05, 0.1) is 16.8 Å². The molecule has 1 amide bonds. The molecule has 1 N–H and O–H groups in total. The van der Waals surface area contributed by atoms with E-state index in [9.17, 15) is 4.79 Å². The molecule has 0 spiro atoms. The minimum atomic E-state index is -0.125. The number of anilines is 1. The van der Waals surface area contributed by atoms with Crippen molar-refractivity contribution in [1.82, 2.24) is 4.98 Å². The van der Waals surface area contributed by atoms with Gasteiger partial charge < -0.3 is 5.32 Å². The first kappa shape index (κ1) is 20.8. The fourth-order valence-corrected chi connectivity index (χ4v) is 3.82. The molecule has 0 radical (unpaired) electrons. The van der Waals surface area contributed by atoms with Gasteiger partial charge in [-0.15, -0.1) is 0 Å². The van der Waals surface area contributed by atoms with Crippen LogP contribution in [0.3, 0.4) is 0 Å². The van der Waals surface area contributed by atoms with E-state index in [1.165, 1.54) is 11.1 Å². The smallest absolute Gasteiger partial charge is 0.256 e. The standard InChI is InChI=1S/C28H28N2O/c1-4-20-11-15-23(16-12-20)29-28(31)25-18-27(30-26-8-6-5-7-24(25)26)22-13-9-21(10-14-22)17-19(2)3/h5-16,18-19H,4,17H2,1-3H3,(H,29,31). The second kappa shape index (κ2) is 9.13. The summed E-state index contributed by atoms with van der Waals surface area (Å²) in [6, 6.07) is 26.2. The fourth-order valence-electron chi connectivity index (χ4n) is 3.82. The van der Waals surface area contributed by atoms with Crippen LogP contribution in [-0.2, 0) is 12.8 Å². The van der Waals surface area contributed by atoms with E-state index >= 15 is 0 Å². The average Bonchev–Trinajstić information content (AvgIpc) is 2.79. The fraction of sp³-hybridized carbons (Fsp3) is 0.214. The van der Waals surface area contributed by atoms with Crippen molar-refractivity contribution >= 4 is 22.5 Å². The lowest BCUT2D eigenvalue weighted by molar-refractivity contribution is 0.102. The van der Waals surface area contributed by atoms with Gasteiger partial charge in [0.1, 0.15) is 0 Å². The highest BCUT2D eigenvalue weighted by Crippen LogP contribution is 2.26. The van der Waals surface area contributed by atoms with E-state index in [0.717, 1.165) is 40.7 Å². The van der Waals surface area contributed by atoms with E-state index in [1.807, 2.05) is 54.6 Å². The van der Waals surface area contributed by atoms with Crippen molar-refractivity contribution in [2.24, 2.45) is 5.92 Å². The summed E-state index contributed by atoms with van der Waals surface area (Å²) in [5.41, 5.74) is 6.62. The van der Waals surface area contributed by atoms with Crippen LogP contribution in [0.2, 0.25) is 0 Å². The van der Waals surface area contributed by atoms with Crippen LogP contribution in [0, 0.1) is 5.92 Å². The molecule has 156 valence electrons. The Bertz CT molecular complexity index is 1190. The van der Waals surface area contributed by atoms with Gasteiger partial charge in [0, 0.05) is 16.6 Å². The minimum absolute atomic E-state index is 0.125. The normalized spacial score (nSPS) is 11.1. The van der Waals surface area contributed by atoms with Crippen LogP contribution in [0.4, 0.5) is 5.69 Å². The monoisotopic (exact) mass is 408 g/mol. The number of rotatable bonds is 6. The Labute approximate surface area is 184 Å². The SMILES string of the molecule is CCc1ccc(NC(=O)c2cc(-c3ccc(CC(C)C)cc3)nc3ccccc23)cc1. The zero-order valence-electron chi connectivity index (χ0n) is 18.4. The highest BCUT2D eigenvalue weighted by Gasteiger charge is 2.14. The van der Waals surface area contributed by atoms with E-state index < -0.39 is 0 Å². The van der Waals surface area contributed by atoms with E-state index in [-0.39, 0.29) is 5.91 Å². The summed E-state index contributed by atoms with van der Waals surface area (Å²) in [5.74, 6) is 0.492. The van der Waals surface area contributed by atoms with E-state index in [4.69, 9.17) is 4.98 Å². The first-order valence-corrected chi connectivity index (χ1v) is 10.9. The zero-order chi connectivity index (χ0) is 21.8. The largest absolute Gasteiger partial charge is 0.322 e. The van der Waals surface area contributed by atoms with Gasteiger partial charge in [-0.3, -0.25) is 4.79 Å². The molecule has 4 aromatic rings. The third-order valence-corrected chi connectivity index (χ3v) is 5.47. The number of amides is 1. The maximum absolute atomic E-state index is 13.2. The molecule has 3 aromatic carbocycles. The molecule has 0 unspecified atom stereocenters. The van der Waals surface area contributed by atoms with Gasteiger partial charge in [0.15, 0.2) is 0 Å². The highest BCUT2D eigenvalue weighted by atomic mass is 16.1. The van der Waals surface area contributed by atoms with Crippen LogP contribution in [0.1, 0.15) is 42.3 Å². The molecular weight excluding hydrogens is 380 g/mol. The summed E-state index contributed by atoms with van der Waals surface area (Å²) in [5, 5.41) is 3.90. The number of pyridine rings is 1. The van der Waals surface area contributed by atoms with Gasteiger partial charge >= 0.3 is 0 Å². The number of aryl methyl sites for hydroxylation is 1. The molecule has 3 heteroatoms. The van der Waals surface area contributed by atoms with Crippen LogP contribution in [0.15, 0.2) is 78.9 Å². The third kappa shape index (κ3) is 4.83. The van der Waals surface area contributed by atoms with E-state index in [1.54, 1.807) is 0 Å². The number of carbonyl (C=O) groups is 1. The molecule has 0 aliphatic rings. The first-order chi connectivity index (χ1) is 15.0. The molecule has 0 atom stereocenters. The lowest BCUT2D eigenvalue weighted by Crippen LogP contribution is -2.13. The number of aromatic nitrogens is 1. The molecule has 0 saturated heterocycles. The Balaban J connectivity index is 1.69. The molecule has 0 bridgehead atoms. The maximum atomic E-state index is 13.2. The number of fused-ring (bicyclic) bond motifs is 1. The van der Waals surface area contributed by atoms with Crippen LogP contribution >= 0.6 is 0 Å². The number of hydrogen-bond donors (Lipinski definition) is 1. The van der Waals surface area contributed by atoms with Crippen molar-refractivity contribution in [3.63, 3.8) is 0 Å². The molecule has 1 heterocycles. The molecule has 0 aliphatic heterocycles. The lowest BCUT2D eigenvalue weighted by Gasteiger charge is -2.12. The number of hydrogen-bond acceptors (Lipinski definition) is 2. The molecule has 0 saturated carbocycles. The number of nitrogens with zero attached hydrogens (tertiary/aromatic N) is 1. The number of carbonyl (C=O) groups excluding carboxylic acids is 1. The predicted octanol–water partition coefficient (Wildman–Crippen LogP) is 6.92. The lowest BCUT2D eigenvalue weighted by atomic mass is 9.99. The minimum Gasteiger partial charge on any atom is -0.322 e. The molecule has 1 aromatic heterocycles. The molecular formula is C28H28N2O. The zero-order valence-corrected chi connectivity index (χ0v) is 18.4. The Kier molecular flexibility index (Phi) is 6.13. The van der Waals surface area contributed by atoms with Gasteiger partial charge in [-0.1, -0.05) is 75.4 Å². The van der Waals surface area contributed by atoms with Crippen molar-refractivity contribution in [3.05, 3.63) is 95.6 Å². The van der Waals surface area contributed by atoms with Gasteiger partial charge in [-0.2, -0.15) is 0 Å². The highest BCUT2D eigenvalue weighted by molar-refractivity contribution is 6.13. The Morgan fingerprint density at radius 2 is 1.58 bits per heavy atom. The second-order valence-corrected chi connectivity index (χ2v) is 8.37. The van der Waals surface area contributed by atoms with E-state index in [2.05, 4.69) is 50.4 Å². The molecule has 0 aliphatic carbocycles. The van der Waals surface area contributed by atoms with Crippen molar-refractivity contribution in [1.29, 1.82) is 0 Å². The van der Waals surface area contributed by atoms with Crippen molar-refractivity contribution in [2.75, 3.05) is 5.32 Å². The summed E-state index contributed by atoms with van der Waals surface area (Å²) < 4.78 is 0. The van der Waals surface area contributed by atoms with Gasteiger partial charge in [0.2, 0.25) is 0 Å². The maximum Gasteiger partial charge on any atom is 0.256 e. The first-order valence-electron chi connectivity index (χ1n) is 10.9. The average molecular weight is 409 g/mol. The third-order valence-electron chi connectivity index (χ3n) is 5.47. The quantitative estimate of drug-likeness (QED) is 0.376. The predicted molar refractivity (Wildman–Crippen MR) is 129 cm³/mol. The van der Waals surface area contributed by atoms with Crippen molar-refractivity contribution in [3.8, 4) is 11.3 Å². The Morgan fingerprint density at radius 3 is 2.26 bits per heavy atom. The molecule has 3 nitrogen and oxygen atoms in total. The molecule has 4 rings (SSSR count). The van der Waals surface area contributed by atoms with Crippen LogP contribution in [0.25, 0.3) is 22.2 Å². The van der Waals surface area contributed by atoms with Gasteiger partial charge in [-0.25, -0.2) is 4.98 Å². The summed E-state index contributed by atoms with van der Waals surface area (Å²) >= 11 is 0. The van der Waals surface area contributed by atoms with Crippen molar-refractivity contribution in [2.45, 2.75) is 33.6 Å². The topological polar surface area (TPSA) is 42.0 Å². The van der Waals surface area contributed by atoms with Crippen molar-refractivity contribution < 1.29 is 4.79 Å². The number of nitrogens with one attached hydrogen (secondary N) is 1.